The second-order valence-corrected chi connectivity index (χ2v) is 15.1. The summed E-state index contributed by atoms with van der Waals surface area (Å²) in [5.74, 6) is -0.486. The highest BCUT2D eigenvalue weighted by atomic mass is 35.5. The number of piperazine rings is 1. The van der Waals surface area contributed by atoms with Crippen molar-refractivity contribution in [3.05, 3.63) is 80.1 Å². The monoisotopic (exact) mass is 657 g/mol. The first-order valence-corrected chi connectivity index (χ1v) is 17.2. The smallest absolute Gasteiger partial charge is 0.263 e. The lowest BCUT2D eigenvalue weighted by atomic mass is 9.92. The van der Waals surface area contributed by atoms with Gasteiger partial charge in [0.25, 0.3) is 5.91 Å². The number of benzene rings is 2. The van der Waals surface area contributed by atoms with Crippen molar-refractivity contribution >= 4 is 46.8 Å². The lowest BCUT2D eigenvalue weighted by molar-refractivity contribution is -0.144. The van der Waals surface area contributed by atoms with Crippen molar-refractivity contribution in [1.82, 2.24) is 25.3 Å². The minimum absolute atomic E-state index is 0.00631. The normalized spacial score (nSPS) is 29.2. The topological polar surface area (TPSA) is 67.9 Å². The number of nitrogens with one attached hydrogen (secondary N) is 2. The van der Waals surface area contributed by atoms with Crippen LogP contribution in [-0.2, 0) is 9.59 Å². The molecular weight excluding hydrogens is 620 g/mol. The van der Waals surface area contributed by atoms with Crippen molar-refractivity contribution in [3.8, 4) is 0 Å². The summed E-state index contributed by atoms with van der Waals surface area (Å²) in [7, 11) is 0. The van der Waals surface area contributed by atoms with Crippen molar-refractivity contribution in [1.29, 1.82) is 0 Å². The molecule has 2 aromatic rings. The van der Waals surface area contributed by atoms with E-state index in [4.69, 9.17) is 23.2 Å². The fourth-order valence-corrected chi connectivity index (χ4v) is 9.24. The van der Waals surface area contributed by atoms with Crippen LogP contribution in [-0.4, -0.2) is 69.3 Å². The zero-order valence-corrected chi connectivity index (χ0v) is 27.5. The molecule has 234 valence electrons. The Morgan fingerprint density at radius 3 is 2.48 bits per heavy atom. The third-order valence-corrected chi connectivity index (χ3v) is 11.7. The molecule has 3 saturated heterocycles. The average Bonchev–Trinajstić information content (AvgIpc) is 3.30. The largest absolute Gasteiger partial charge is 0.340 e. The average molecular weight is 659 g/mol. The minimum atomic E-state index is -0.478. The summed E-state index contributed by atoms with van der Waals surface area (Å²) in [6, 6.07) is 11.7. The van der Waals surface area contributed by atoms with Gasteiger partial charge in [0.2, 0.25) is 5.91 Å². The number of hydrogen-bond donors (Lipinski definition) is 2. The molecule has 2 aromatic carbocycles. The lowest BCUT2D eigenvalue weighted by Crippen LogP contribution is -2.58. The van der Waals surface area contributed by atoms with E-state index >= 15 is 0 Å². The number of halogens is 3. The van der Waals surface area contributed by atoms with E-state index in [-0.39, 0.29) is 51.9 Å². The lowest BCUT2D eigenvalue weighted by Gasteiger charge is -2.38. The van der Waals surface area contributed by atoms with Gasteiger partial charge < -0.3 is 20.0 Å². The molecule has 1 spiro atoms. The zero-order valence-electron chi connectivity index (χ0n) is 25.2. The Morgan fingerprint density at radius 1 is 1.07 bits per heavy atom. The van der Waals surface area contributed by atoms with Gasteiger partial charge in [0.1, 0.15) is 17.4 Å². The third-order valence-electron chi connectivity index (χ3n) is 9.91. The molecule has 0 aromatic heterocycles. The molecule has 4 fully saturated rings. The van der Waals surface area contributed by atoms with E-state index in [9.17, 15) is 14.0 Å². The molecule has 11 heteroatoms. The first-order valence-electron chi connectivity index (χ1n) is 15.6. The van der Waals surface area contributed by atoms with Crippen molar-refractivity contribution in [2.24, 2.45) is 5.92 Å². The maximum Gasteiger partial charge on any atom is 0.263 e. The summed E-state index contributed by atoms with van der Waals surface area (Å²) >= 11 is 13.8. The molecular formula is C33H38Cl2FN5O2S. The Hall–Kier alpha value is -2.30. The summed E-state index contributed by atoms with van der Waals surface area (Å²) in [5.41, 5.74) is 2.53. The molecule has 44 heavy (non-hydrogen) atoms. The zero-order chi connectivity index (χ0) is 30.9. The van der Waals surface area contributed by atoms with Crippen LogP contribution in [0.2, 0.25) is 10.0 Å². The van der Waals surface area contributed by atoms with E-state index in [1.54, 1.807) is 6.07 Å². The molecule has 2 N–H and O–H groups in total. The second-order valence-electron chi connectivity index (χ2n) is 13.2. The highest BCUT2D eigenvalue weighted by Crippen LogP contribution is 2.54. The number of likely N-dealkylation sites (tertiary alicyclic amines) is 1. The van der Waals surface area contributed by atoms with Crippen LogP contribution in [0, 0.1) is 11.7 Å². The van der Waals surface area contributed by atoms with E-state index in [2.05, 4.69) is 36.3 Å². The number of carbonyl (C=O) groups excluding carboxylic acids is 2. The van der Waals surface area contributed by atoms with Crippen LogP contribution in [0.25, 0.3) is 0 Å². The Bertz CT molecular complexity index is 1520. The van der Waals surface area contributed by atoms with Crippen LogP contribution in [0.5, 0.6) is 0 Å². The minimum Gasteiger partial charge on any atom is -0.340 e. The predicted molar refractivity (Wildman–Crippen MR) is 172 cm³/mol. The first-order chi connectivity index (χ1) is 21.1. The van der Waals surface area contributed by atoms with Gasteiger partial charge in [-0.05, 0) is 73.9 Å². The molecule has 4 unspecified atom stereocenters. The maximum atomic E-state index is 14.9. The SMILES string of the molecule is CC(C)C1=C(C(=O)N2C(C(=O)N3CCNC4(CC4)C3)CC[C@H]2C)SC2NC(c3ccc(Cl)cc3)C(c3ccc(Cl)c(F)c3)N12. The van der Waals surface area contributed by atoms with Crippen molar-refractivity contribution in [3.63, 3.8) is 0 Å². The number of fused-ring (bicyclic) bond motifs is 1. The van der Waals surface area contributed by atoms with Crippen molar-refractivity contribution in [2.75, 3.05) is 19.6 Å². The van der Waals surface area contributed by atoms with Crippen LogP contribution >= 0.6 is 35.0 Å². The van der Waals surface area contributed by atoms with Gasteiger partial charge in [0.15, 0.2) is 0 Å². The van der Waals surface area contributed by atoms with E-state index in [0.717, 1.165) is 49.2 Å². The van der Waals surface area contributed by atoms with E-state index in [1.165, 1.54) is 17.8 Å². The summed E-state index contributed by atoms with van der Waals surface area (Å²) in [5, 5.41) is 8.03. The number of carbonyl (C=O) groups is 2. The molecule has 2 amide bonds. The fraction of sp³-hybridized carbons (Fsp3) is 0.515. The fourth-order valence-electron chi connectivity index (χ4n) is 7.53. The summed E-state index contributed by atoms with van der Waals surface area (Å²) in [4.78, 5) is 35.3. The van der Waals surface area contributed by atoms with Crippen LogP contribution in [0.1, 0.15) is 69.7 Å². The molecule has 4 aliphatic heterocycles. The number of rotatable bonds is 5. The molecule has 4 heterocycles. The van der Waals surface area contributed by atoms with Gasteiger partial charge in [-0.15, -0.1) is 0 Å². The van der Waals surface area contributed by atoms with Gasteiger partial charge in [0, 0.05) is 41.9 Å². The van der Waals surface area contributed by atoms with Gasteiger partial charge in [-0.1, -0.05) is 67.0 Å². The Morgan fingerprint density at radius 2 is 1.80 bits per heavy atom. The highest BCUT2D eigenvalue weighted by Gasteiger charge is 2.53. The predicted octanol–water partition coefficient (Wildman–Crippen LogP) is 6.06. The Balaban J connectivity index is 1.24. The van der Waals surface area contributed by atoms with Gasteiger partial charge in [-0.25, -0.2) is 4.39 Å². The standard InChI is InChI=1S/C33H38Cl2FN5O2S/c1-18(2)27-29(31(43)40-19(3)4-11-25(40)30(42)39-15-14-37-33(17-39)12-13-33)44-32-38-26(20-5-8-22(34)9-6-20)28(41(27)32)21-7-10-23(35)24(36)16-21/h5-10,16,18-19,25-26,28,32,37-38H,4,11-15,17H2,1-3H3/t19-,25?,26?,28?,32?/m1/s1. The molecule has 1 saturated carbocycles. The summed E-state index contributed by atoms with van der Waals surface area (Å²) < 4.78 is 14.9. The molecule has 0 bridgehead atoms. The Kier molecular flexibility index (Phi) is 7.93. The van der Waals surface area contributed by atoms with E-state index < -0.39 is 11.9 Å². The van der Waals surface area contributed by atoms with Gasteiger partial charge in [-0.3, -0.25) is 14.9 Å². The van der Waals surface area contributed by atoms with Gasteiger partial charge >= 0.3 is 0 Å². The van der Waals surface area contributed by atoms with Crippen LogP contribution < -0.4 is 10.6 Å². The summed E-state index contributed by atoms with van der Waals surface area (Å²) in [6.45, 7) is 8.42. The van der Waals surface area contributed by atoms with Gasteiger partial charge in [-0.2, -0.15) is 0 Å². The number of nitrogens with zero attached hydrogens (tertiary/aromatic N) is 3. The number of amides is 2. The number of thioether (sulfide) groups is 1. The van der Waals surface area contributed by atoms with E-state index in [0.29, 0.717) is 22.9 Å². The quantitative estimate of drug-likeness (QED) is 0.407. The Labute approximate surface area is 272 Å². The van der Waals surface area contributed by atoms with Gasteiger partial charge in [0.05, 0.1) is 22.0 Å². The molecule has 1 aliphatic carbocycles. The maximum absolute atomic E-state index is 14.9. The van der Waals surface area contributed by atoms with Crippen LogP contribution in [0.4, 0.5) is 4.39 Å². The molecule has 0 radical (unpaired) electrons. The molecule has 5 atom stereocenters. The third kappa shape index (κ3) is 5.22. The van der Waals surface area contributed by atoms with Crippen molar-refractivity contribution in [2.45, 2.75) is 81.7 Å². The van der Waals surface area contributed by atoms with Crippen molar-refractivity contribution < 1.29 is 14.0 Å². The first kappa shape index (κ1) is 30.4. The molecule has 7 nitrogen and oxygen atoms in total. The van der Waals surface area contributed by atoms with E-state index in [1.807, 2.05) is 40.1 Å². The number of allylic oxidation sites excluding steroid dienone is 1. The highest BCUT2D eigenvalue weighted by molar-refractivity contribution is 8.04. The molecule has 5 aliphatic rings. The molecule has 7 rings (SSSR count). The van der Waals surface area contributed by atoms with Crippen LogP contribution in [0.15, 0.2) is 53.1 Å². The second kappa shape index (κ2) is 11.5. The van der Waals surface area contributed by atoms with Crippen LogP contribution in [0.3, 0.4) is 0 Å². The number of hydrogen-bond acceptors (Lipinski definition) is 6. The summed E-state index contributed by atoms with van der Waals surface area (Å²) in [6.07, 6.45) is 3.67.